The molecule has 0 spiro atoms. The SMILES string of the molecule is CCCOC(C)(C)Cc1ccccc1O. The predicted molar refractivity (Wildman–Crippen MR) is 62.1 cm³/mol. The molecule has 0 fully saturated rings. The molecule has 0 aliphatic carbocycles. The quantitative estimate of drug-likeness (QED) is 0.805. The summed E-state index contributed by atoms with van der Waals surface area (Å²) in [6.07, 6.45) is 1.75. The molecule has 0 radical (unpaired) electrons. The van der Waals surface area contributed by atoms with Crippen LogP contribution in [0, 0.1) is 0 Å². The second-order valence-corrected chi connectivity index (χ2v) is 4.41. The van der Waals surface area contributed by atoms with Crippen LogP contribution in [0.2, 0.25) is 0 Å². The molecule has 0 aliphatic rings. The molecule has 84 valence electrons. The van der Waals surface area contributed by atoms with Crippen LogP contribution in [-0.2, 0) is 11.2 Å². The lowest BCUT2D eigenvalue weighted by Crippen LogP contribution is -2.27. The molecule has 0 atom stereocenters. The number of phenolic OH excluding ortho intramolecular Hbond substituents is 1. The molecule has 0 heterocycles. The number of hydrogen-bond donors (Lipinski definition) is 1. The van der Waals surface area contributed by atoms with Crippen LogP contribution in [0.1, 0.15) is 32.8 Å². The highest BCUT2D eigenvalue weighted by Gasteiger charge is 2.19. The van der Waals surface area contributed by atoms with E-state index in [4.69, 9.17) is 4.74 Å². The first-order valence-electron chi connectivity index (χ1n) is 5.46. The zero-order chi connectivity index (χ0) is 11.3. The van der Waals surface area contributed by atoms with E-state index in [1.807, 2.05) is 18.2 Å². The van der Waals surface area contributed by atoms with E-state index in [0.29, 0.717) is 5.75 Å². The average Bonchev–Trinajstić information content (AvgIpc) is 2.18. The normalized spacial score (nSPS) is 11.7. The number of hydrogen-bond acceptors (Lipinski definition) is 2. The van der Waals surface area contributed by atoms with Crippen molar-refractivity contribution >= 4 is 0 Å². The van der Waals surface area contributed by atoms with Gasteiger partial charge in [-0.15, -0.1) is 0 Å². The van der Waals surface area contributed by atoms with E-state index in [1.165, 1.54) is 0 Å². The zero-order valence-electron chi connectivity index (χ0n) is 9.79. The molecule has 0 unspecified atom stereocenters. The molecule has 0 bridgehead atoms. The summed E-state index contributed by atoms with van der Waals surface area (Å²) in [7, 11) is 0. The zero-order valence-corrected chi connectivity index (χ0v) is 9.79. The minimum atomic E-state index is -0.213. The van der Waals surface area contributed by atoms with Gasteiger partial charge in [0.15, 0.2) is 0 Å². The van der Waals surface area contributed by atoms with Gasteiger partial charge in [-0.05, 0) is 31.9 Å². The Bertz CT molecular complexity index is 305. The number of benzene rings is 1. The summed E-state index contributed by atoms with van der Waals surface area (Å²) in [6.45, 7) is 6.96. The number of rotatable bonds is 5. The molecule has 1 aromatic carbocycles. The molecular formula is C13H20O2. The van der Waals surface area contributed by atoms with Gasteiger partial charge in [0, 0.05) is 13.0 Å². The van der Waals surface area contributed by atoms with Gasteiger partial charge in [-0.25, -0.2) is 0 Å². The van der Waals surface area contributed by atoms with Crippen LogP contribution in [-0.4, -0.2) is 17.3 Å². The van der Waals surface area contributed by atoms with Gasteiger partial charge >= 0.3 is 0 Å². The van der Waals surface area contributed by atoms with Gasteiger partial charge in [-0.1, -0.05) is 25.1 Å². The first-order valence-corrected chi connectivity index (χ1v) is 5.46. The monoisotopic (exact) mass is 208 g/mol. The van der Waals surface area contributed by atoms with Gasteiger partial charge in [0.2, 0.25) is 0 Å². The molecule has 0 aliphatic heterocycles. The van der Waals surface area contributed by atoms with E-state index in [1.54, 1.807) is 6.07 Å². The summed E-state index contributed by atoms with van der Waals surface area (Å²) in [5, 5.41) is 9.64. The van der Waals surface area contributed by atoms with Crippen molar-refractivity contribution in [2.45, 2.75) is 39.2 Å². The fraction of sp³-hybridized carbons (Fsp3) is 0.538. The molecule has 0 saturated heterocycles. The minimum Gasteiger partial charge on any atom is -0.508 e. The third kappa shape index (κ3) is 3.92. The van der Waals surface area contributed by atoms with Crippen molar-refractivity contribution in [3.63, 3.8) is 0 Å². The Kier molecular flexibility index (Phi) is 4.15. The van der Waals surface area contributed by atoms with E-state index < -0.39 is 0 Å². The average molecular weight is 208 g/mol. The predicted octanol–water partition coefficient (Wildman–Crippen LogP) is 3.14. The number of para-hydroxylation sites is 1. The summed E-state index contributed by atoms with van der Waals surface area (Å²) in [5.74, 6) is 0.352. The third-order valence-corrected chi connectivity index (χ3v) is 2.30. The third-order valence-electron chi connectivity index (χ3n) is 2.30. The number of aromatic hydroxyl groups is 1. The molecular weight excluding hydrogens is 188 g/mol. The van der Waals surface area contributed by atoms with E-state index >= 15 is 0 Å². The molecule has 0 aromatic heterocycles. The van der Waals surface area contributed by atoms with Crippen molar-refractivity contribution in [3.8, 4) is 5.75 Å². The van der Waals surface area contributed by atoms with Crippen molar-refractivity contribution in [2.24, 2.45) is 0 Å². The largest absolute Gasteiger partial charge is 0.508 e. The topological polar surface area (TPSA) is 29.5 Å². The lowest BCUT2D eigenvalue weighted by atomic mass is 9.97. The van der Waals surface area contributed by atoms with Gasteiger partial charge in [0.05, 0.1) is 5.60 Å². The van der Waals surface area contributed by atoms with Crippen molar-refractivity contribution in [1.82, 2.24) is 0 Å². The second-order valence-electron chi connectivity index (χ2n) is 4.41. The number of ether oxygens (including phenoxy) is 1. The molecule has 15 heavy (non-hydrogen) atoms. The van der Waals surface area contributed by atoms with Crippen LogP contribution >= 0.6 is 0 Å². The van der Waals surface area contributed by atoms with Gasteiger partial charge in [-0.2, -0.15) is 0 Å². The second kappa shape index (κ2) is 5.17. The van der Waals surface area contributed by atoms with Crippen molar-refractivity contribution < 1.29 is 9.84 Å². The van der Waals surface area contributed by atoms with Gasteiger partial charge in [0.1, 0.15) is 5.75 Å². The molecule has 1 N–H and O–H groups in total. The Labute approximate surface area is 91.9 Å². The Morgan fingerprint density at radius 3 is 2.53 bits per heavy atom. The Hall–Kier alpha value is -1.02. The Balaban J connectivity index is 2.64. The van der Waals surface area contributed by atoms with Gasteiger partial charge in [0.25, 0.3) is 0 Å². The maximum atomic E-state index is 9.64. The maximum absolute atomic E-state index is 9.64. The molecule has 1 rings (SSSR count). The summed E-state index contributed by atoms with van der Waals surface area (Å²) in [4.78, 5) is 0. The van der Waals surface area contributed by atoms with Crippen LogP contribution in [0.4, 0.5) is 0 Å². The summed E-state index contributed by atoms with van der Waals surface area (Å²) >= 11 is 0. The van der Waals surface area contributed by atoms with Gasteiger partial charge < -0.3 is 9.84 Å². The van der Waals surface area contributed by atoms with E-state index in [9.17, 15) is 5.11 Å². The summed E-state index contributed by atoms with van der Waals surface area (Å²) < 4.78 is 5.73. The first-order chi connectivity index (χ1) is 7.05. The van der Waals surface area contributed by atoms with Crippen LogP contribution in [0.15, 0.2) is 24.3 Å². The fourth-order valence-corrected chi connectivity index (χ4v) is 1.55. The van der Waals surface area contributed by atoms with Crippen LogP contribution < -0.4 is 0 Å². The standard InChI is InChI=1S/C13H20O2/c1-4-9-15-13(2,3)10-11-7-5-6-8-12(11)14/h5-8,14H,4,9-10H2,1-3H3. The highest BCUT2D eigenvalue weighted by Crippen LogP contribution is 2.23. The lowest BCUT2D eigenvalue weighted by molar-refractivity contribution is -0.0168. The molecule has 2 nitrogen and oxygen atoms in total. The summed E-state index contributed by atoms with van der Waals surface area (Å²) in [5.41, 5.74) is 0.730. The highest BCUT2D eigenvalue weighted by atomic mass is 16.5. The molecule has 0 amide bonds. The van der Waals surface area contributed by atoms with E-state index in [0.717, 1.165) is 25.0 Å². The lowest BCUT2D eigenvalue weighted by Gasteiger charge is -2.25. The Morgan fingerprint density at radius 1 is 1.27 bits per heavy atom. The summed E-state index contributed by atoms with van der Waals surface area (Å²) in [6, 6.07) is 7.42. The van der Waals surface area contributed by atoms with Crippen LogP contribution in [0.5, 0.6) is 5.75 Å². The molecule has 1 aromatic rings. The number of phenols is 1. The fourth-order valence-electron chi connectivity index (χ4n) is 1.55. The highest BCUT2D eigenvalue weighted by molar-refractivity contribution is 5.32. The molecule has 0 saturated carbocycles. The Morgan fingerprint density at radius 2 is 1.93 bits per heavy atom. The van der Waals surface area contributed by atoms with Crippen molar-refractivity contribution in [1.29, 1.82) is 0 Å². The van der Waals surface area contributed by atoms with Crippen LogP contribution in [0.3, 0.4) is 0 Å². The molecule has 2 heteroatoms. The van der Waals surface area contributed by atoms with Crippen molar-refractivity contribution in [2.75, 3.05) is 6.61 Å². The van der Waals surface area contributed by atoms with Crippen LogP contribution in [0.25, 0.3) is 0 Å². The minimum absolute atomic E-state index is 0.213. The van der Waals surface area contributed by atoms with Gasteiger partial charge in [-0.3, -0.25) is 0 Å². The van der Waals surface area contributed by atoms with E-state index in [-0.39, 0.29) is 5.60 Å². The van der Waals surface area contributed by atoms with E-state index in [2.05, 4.69) is 20.8 Å². The maximum Gasteiger partial charge on any atom is 0.118 e. The smallest absolute Gasteiger partial charge is 0.118 e. The first kappa shape index (κ1) is 12.1. The van der Waals surface area contributed by atoms with Crippen molar-refractivity contribution in [3.05, 3.63) is 29.8 Å².